The van der Waals surface area contributed by atoms with E-state index in [2.05, 4.69) is 64.4 Å². The summed E-state index contributed by atoms with van der Waals surface area (Å²) < 4.78 is 8.26. The highest BCUT2D eigenvalue weighted by Gasteiger charge is 2.40. The summed E-state index contributed by atoms with van der Waals surface area (Å²) in [5.41, 5.74) is 7.10. The quantitative estimate of drug-likeness (QED) is 0.234. The van der Waals surface area contributed by atoms with Gasteiger partial charge in [0, 0.05) is 55.9 Å². The van der Waals surface area contributed by atoms with Crippen LogP contribution in [-0.4, -0.2) is 48.6 Å². The Kier molecular flexibility index (Phi) is 7.42. The normalized spacial score (nSPS) is 16.6. The number of aryl methyl sites for hydroxylation is 3. The van der Waals surface area contributed by atoms with Crippen LogP contribution in [0.3, 0.4) is 0 Å². The van der Waals surface area contributed by atoms with Crippen molar-refractivity contribution in [1.82, 2.24) is 24.9 Å². The van der Waals surface area contributed by atoms with Crippen molar-refractivity contribution in [2.24, 2.45) is 12.5 Å². The Morgan fingerprint density at radius 1 is 1.12 bits per heavy atom. The third-order valence-electron chi connectivity index (χ3n) is 9.19. The van der Waals surface area contributed by atoms with Crippen molar-refractivity contribution in [2.75, 3.05) is 6.54 Å². The van der Waals surface area contributed by atoms with E-state index in [1.54, 1.807) is 4.68 Å². The van der Waals surface area contributed by atoms with E-state index >= 15 is 0 Å². The maximum atomic E-state index is 12.7. The van der Waals surface area contributed by atoms with Crippen LogP contribution in [0.4, 0.5) is 0 Å². The van der Waals surface area contributed by atoms with Gasteiger partial charge >= 0.3 is 5.97 Å². The smallest absolute Gasteiger partial charge is 0.310 e. The van der Waals surface area contributed by atoms with Gasteiger partial charge in [-0.1, -0.05) is 36.4 Å². The molecule has 0 bridgehead atoms. The molecule has 1 unspecified atom stereocenters. The Hall–Kier alpha value is -4.30. The van der Waals surface area contributed by atoms with Gasteiger partial charge < -0.3 is 9.84 Å². The van der Waals surface area contributed by atoms with Gasteiger partial charge in [-0.15, -0.1) is 5.10 Å². The third kappa shape index (κ3) is 5.25. The van der Waals surface area contributed by atoms with Gasteiger partial charge in [-0.3, -0.25) is 14.7 Å². The zero-order valence-corrected chi connectivity index (χ0v) is 25.8. The minimum Gasteiger partial charge on any atom is -0.489 e. The highest BCUT2D eigenvalue weighted by atomic mass is 16.5. The second-order valence-electron chi connectivity index (χ2n) is 12.5. The standard InChI is InChI=1S/C35H39N5O3/c1-7-28-20-40(19-27-14-23-12-13-36-17-25(23)16-31(27)43-28)18-26-15-24(9-8-21(26)2)32(35(4,5)34(41)42)29-10-11-30-33(22(29)3)37-38-39(30)6/h8-17,28,32H,7,18-20H2,1-6H3,(H,41,42)/t28-,32?/m1/s1. The molecule has 1 aliphatic heterocycles. The highest BCUT2D eigenvalue weighted by Crippen LogP contribution is 2.44. The Balaban J connectivity index is 1.40. The number of hydrogen-bond acceptors (Lipinski definition) is 6. The summed E-state index contributed by atoms with van der Waals surface area (Å²) in [7, 11) is 1.87. The first-order valence-corrected chi connectivity index (χ1v) is 14.9. The first-order valence-electron chi connectivity index (χ1n) is 14.9. The molecular weight excluding hydrogens is 538 g/mol. The zero-order chi connectivity index (χ0) is 30.5. The molecule has 2 aromatic heterocycles. The molecule has 0 amide bonds. The lowest BCUT2D eigenvalue weighted by molar-refractivity contribution is -0.147. The van der Waals surface area contributed by atoms with Crippen molar-refractivity contribution in [1.29, 1.82) is 0 Å². The molecule has 0 radical (unpaired) electrons. The fourth-order valence-corrected chi connectivity index (χ4v) is 6.49. The van der Waals surface area contributed by atoms with E-state index in [-0.39, 0.29) is 12.0 Å². The summed E-state index contributed by atoms with van der Waals surface area (Å²) in [6.07, 6.45) is 4.68. The van der Waals surface area contributed by atoms with Gasteiger partial charge in [-0.2, -0.15) is 0 Å². The van der Waals surface area contributed by atoms with E-state index in [9.17, 15) is 9.90 Å². The number of fused-ring (bicyclic) bond motifs is 3. The topological polar surface area (TPSA) is 93.4 Å². The molecule has 3 aromatic carbocycles. The molecule has 8 heteroatoms. The van der Waals surface area contributed by atoms with Crippen LogP contribution in [0.5, 0.6) is 5.75 Å². The van der Waals surface area contributed by atoms with Gasteiger partial charge in [0.1, 0.15) is 17.4 Å². The van der Waals surface area contributed by atoms with E-state index in [0.29, 0.717) is 0 Å². The lowest BCUT2D eigenvalue weighted by Gasteiger charge is -2.33. The van der Waals surface area contributed by atoms with E-state index in [4.69, 9.17) is 4.74 Å². The fraction of sp³-hybridized carbons (Fsp3) is 0.371. The molecule has 5 aromatic rings. The summed E-state index contributed by atoms with van der Waals surface area (Å²) in [6.45, 7) is 12.2. The van der Waals surface area contributed by atoms with Gasteiger partial charge in [-0.25, -0.2) is 4.68 Å². The molecular formula is C35H39N5O3. The number of nitrogens with zero attached hydrogens (tertiary/aromatic N) is 5. The largest absolute Gasteiger partial charge is 0.489 e. The van der Waals surface area contributed by atoms with Gasteiger partial charge in [0.15, 0.2) is 0 Å². The number of pyridine rings is 1. The Bertz CT molecular complexity index is 1840. The molecule has 0 saturated carbocycles. The predicted molar refractivity (Wildman–Crippen MR) is 168 cm³/mol. The molecule has 0 fully saturated rings. The molecule has 222 valence electrons. The predicted octanol–water partition coefficient (Wildman–Crippen LogP) is 6.55. The first kappa shape index (κ1) is 28.8. The maximum absolute atomic E-state index is 12.7. The van der Waals surface area contributed by atoms with Gasteiger partial charge in [0.05, 0.1) is 10.9 Å². The van der Waals surface area contributed by atoms with Crippen molar-refractivity contribution in [3.8, 4) is 5.75 Å². The molecule has 1 N–H and O–H groups in total. The van der Waals surface area contributed by atoms with Crippen LogP contribution >= 0.6 is 0 Å². The third-order valence-corrected chi connectivity index (χ3v) is 9.19. The van der Waals surface area contributed by atoms with E-state index in [1.165, 1.54) is 16.7 Å². The summed E-state index contributed by atoms with van der Waals surface area (Å²) in [5.74, 6) is -0.293. The number of aromatic nitrogens is 4. The first-order chi connectivity index (χ1) is 20.6. The van der Waals surface area contributed by atoms with Crippen molar-refractivity contribution >= 4 is 27.8 Å². The van der Waals surface area contributed by atoms with Gasteiger partial charge in [0.25, 0.3) is 0 Å². The van der Waals surface area contributed by atoms with Gasteiger partial charge in [0.2, 0.25) is 0 Å². The minimum atomic E-state index is -1.06. The number of aliphatic carboxylic acids is 1. The molecule has 0 saturated heterocycles. The number of benzene rings is 3. The van der Waals surface area contributed by atoms with Crippen molar-refractivity contribution in [3.63, 3.8) is 0 Å². The summed E-state index contributed by atoms with van der Waals surface area (Å²) in [5, 5.41) is 21.3. The van der Waals surface area contributed by atoms with Crippen LogP contribution in [0.25, 0.3) is 21.8 Å². The van der Waals surface area contributed by atoms with Gasteiger partial charge in [-0.05, 0) is 91.6 Å². The van der Waals surface area contributed by atoms with Crippen LogP contribution in [0, 0.1) is 19.3 Å². The van der Waals surface area contributed by atoms with E-state index in [0.717, 1.165) is 70.3 Å². The number of ether oxygens (including phenoxy) is 1. The van der Waals surface area contributed by atoms with Crippen LogP contribution in [0.1, 0.15) is 66.5 Å². The highest BCUT2D eigenvalue weighted by molar-refractivity contribution is 5.84. The van der Waals surface area contributed by atoms with E-state index in [1.807, 2.05) is 58.4 Å². The van der Waals surface area contributed by atoms with Crippen LogP contribution in [0.2, 0.25) is 0 Å². The van der Waals surface area contributed by atoms with Crippen molar-refractivity contribution in [2.45, 2.75) is 66.2 Å². The molecule has 43 heavy (non-hydrogen) atoms. The monoisotopic (exact) mass is 577 g/mol. The minimum absolute atomic E-state index is 0.0684. The SMILES string of the molecule is CC[C@@H]1CN(Cc2cc(C(c3ccc4c(nnn4C)c3C)C(C)(C)C(=O)O)ccc2C)Cc2cc3ccncc3cc2O1. The molecule has 0 spiro atoms. The average Bonchev–Trinajstić information content (AvgIpc) is 3.27. The Morgan fingerprint density at radius 2 is 1.93 bits per heavy atom. The molecule has 0 aliphatic carbocycles. The molecule has 3 heterocycles. The van der Waals surface area contributed by atoms with Crippen LogP contribution in [-0.2, 0) is 24.9 Å². The van der Waals surface area contributed by atoms with Crippen molar-refractivity contribution < 1.29 is 14.6 Å². The second kappa shape index (κ2) is 11.1. The number of hydrogen-bond donors (Lipinski definition) is 1. The van der Waals surface area contributed by atoms with E-state index < -0.39 is 11.4 Å². The van der Waals surface area contributed by atoms with Crippen LogP contribution in [0.15, 0.2) is 60.9 Å². The summed E-state index contributed by atoms with van der Waals surface area (Å²) in [6, 6.07) is 16.9. The number of carbonyl (C=O) groups is 1. The lowest BCUT2D eigenvalue weighted by Crippen LogP contribution is -2.33. The molecule has 8 nitrogen and oxygen atoms in total. The summed E-state index contributed by atoms with van der Waals surface area (Å²) in [4.78, 5) is 19.5. The fourth-order valence-electron chi connectivity index (χ4n) is 6.49. The van der Waals surface area contributed by atoms with Crippen molar-refractivity contribution in [3.05, 3.63) is 94.3 Å². The number of carboxylic acids is 1. The molecule has 2 atom stereocenters. The lowest BCUT2D eigenvalue weighted by atomic mass is 9.69. The van der Waals surface area contributed by atoms with Crippen LogP contribution < -0.4 is 4.74 Å². The Labute approximate surface area is 252 Å². The maximum Gasteiger partial charge on any atom is 0.310 e. The molecule has 6 rings (SSSR count). The summed E-state index contributed by atoms with van der Waals surface area (Å²) >= 11 is 0. The average molecular weight is 578 g/mol. The number of carboxylic acid groups (broad SMARTS) is 1. The number of rotatable bonds is 7. The second-order valence-corrected chi connectivity index (χ2v) is 12.5. The zero-order valence-electron chi connectivity index (χ0n) is 25.8. The Morgan fingerprint density at radius 3 is 2.70 bits per heavy atom. The molecule has 1 aliphatic rings.